The van der Waals surface area contributed by atoms with Crippen molar-refractivity contribution in [3.63, 3.8) is 0 Å². The molecule has 0 heterocycles. The standard InChI is InChI=1S/C12H20O2/c1-3-5-7-8-9-10-12(13)14-11-6-4-2/h4,6,11H,2-3,5,7-10H2,1H3/b11-6+. The molecule has 14 heavy (non-hydrogen) atoms. The predicted molar refractivity (Wildman–Crippen MR) is 58.8 cm³/mol. The second-order valence-corrected chi connectivity index (χ2v) is 3.22. The summed E-state index contributed by atoms with van der Waals surface area (Å²) in [7, 11) is 0. The fraction of sp³-hybridized carbons (Fsp3) is 0.583. The topological polar surface area (TPSA) is 26.3 Å². The van der Waals surface area contributed by atoms with E-state index in [0.29, 0.717) is 6.42 Å². The maximum atomic E-state index is 11.0. The molecule has 2 heteroatoms. The second kappa shape index (κ2) is 10.0. The van der Waals surface area contributed by atoms with Gasteiger partial charge in [0.15, 0.2) is 0 Å². The Kier molecular flexibility index (Phi) is 9.28. The van der Waals surface area contributed by atoms with Gasteiger partial charge < -0.3 is 4.74 Å². The third-order valence-corrected chi connectivity index (χ3v) is 1.90. The molecule has 0 aromatic carbocycles. The maximum absolute atomic E-state index is 11.0. The van der Waals surface area contributed by atoms with Crippen LogP contribution in [0.1, 0.15) is 45.4 Å². The first-order valence-electron chi connectivity index (χ1n) is 5.28. The summed E-state index contributed by atoms with van der Waals surface area (Å²) >= 11 is 0. The molecule has 0 atom stereocenters. The number of hydrogen-bond acceptors (Lipinski definition) is 2. The molecule has 0 saturated carbocycles. The number of carbonyl (C=O) groups is 1. The Morgan fingerprint density at radius 3 is 2.64 bits per heavy atom. The molecule has 0 aromatic rings. The Morgan fingerprint density at radius 2 is 2.00 bits per heavy atom. The van der Waals surface area contributed by atoms with Gasteiger partial charge in [-0.15, -0.1) is 0 Å². The Labute approximate surface area is 86.6 Å². The van der Waals surface area contributed by atoms with Crippen molar-refractivity contribution < 1.29 is 9.53 Å². The van der Waals surface area contributed by atoms with E-state index in [2.05, 4.69) is 13.5 Å². The number of carbonyl (C=O) groups excluding carboxylic acids is 1. The molecule has 0 bridgehead atoms. The summed E-state index contributed by atoms with van der Waals surface area (Å²) in [5.41, 5.74) is 0. The average molecular weight is 196 g/mol. The third-order valence-electron chi connectivity index (χ3n) is 1.90. The van der Waals surface area contributed by atoms with Gasteiger partial charge in [0.05, 0.1) is 6.26 Å². The SMILES string of the molecule is C=C/C=C/OC(=O)CCCCCCC. The van der Waals surface area contributed by atoms with Gasteiger partial charge in [0.2, 0.25) is 0 Å². The van der Waals surface area contributed by atoms with Crippen LogP contribution in [0.4, 0.5) is 0 Å². The lowest BCUT2D eigenvalue weighted by atomic mass is 10.1. The van der Waals surface area contributed by atoms with Crippen molar-refractivity contribution >= 4 is 5.97 Å². The van der Waals surface area contributed by atoms with E-state index in [9.17, 15) is 4.79 Å². The van der Waals surface area contributed by atoms with Gasteiger partial charge in [-0.1, -0.05) is 45.3 Å². The number of ether oxygens (including phenoxy) is 1. The van der Waals surface area contributed by atoms with Crippen LogP contribution in [-0.4, -0.2) is 5.97 Å². The van der Waals surface area contributed by atoms with Crippen LogP contribution in [0.3, 0.4) is 0 Å². The van der Waals surface area contributed by atoms with E-state index in [1.165, 1.54) is 25.5 Å². The summed E-state index contributed by atoms with van der Waals surface area (Å²) < 4.78 is 4.80. The molecular formula is C12H20O2. The van der Waals surface area contributed by atoms with E-state index in [1.807, 2.05) is 0 Å². The number of esters is 1. The minimum Gasteiger partial charge on any atom is -0.434 e. The van der Waals surface area contributed by atoms with Gasteiger partial charge in [-0.3, -0.25) is 4.79 Å². The quantitative estimate of drug-likeness (QED) is 0.257. The predicted octanol–water partition coefficient (Wildman–Crippen LogP) is 3.59. The van der Waals surface area contributed by atoms with Crippen molar-refractivity contribution in [1.82, 2.24) is 0 Å². The summed E-state index contributed by atoms with van der Waals surface area (Å²) in [5.74, 6) is -0.153. The number of hydrogen-bond donors (Lipinski definition) is 0. The minimum absolute atomic E-state index is 0.153. The molecule has 0 aromatic heterocycles. The highest BCUT2D eigenvalue weighted by Crippen LogP contribution is 2.05. The maximum Gasteiger partial charge on any atom is 0.310 e. The summed E-state index contributed by atoms with van der Waals surface area (Å²) in [5, 5.41) is 0. The normalized spacial score (nSPS) is 10.4. The van der Waals surface area contributed by atoms with Gasteiger partial charge in [0.1, 0.15) is 0 Å². The van der Waals surface area contributed by atoms with Gasteiger partial charge in [0, 0.05) is 6.42 Å². The molecule has 0 saturated heterocycles. The smallest absolute Gasteiger partial charge is 0.310 e. The van der Waals surface area contributed by atoms with Crippen molar-refractivity contribution in [2.45, 2.75) is 45.4 Å². The first kappa shape index (κ1) is 12.9. The molecule has 0 radical (unpaired) electrons. The van der Waals surface area contributed by atoms with Crippen molar-refractivity contribution in [2.75, 3.05) is 0 Å². The van der Waals surface area contributed by atoms with E-state index in [4.69, 9.17) is 4.74 Å². The van der Waals surface area contributed by atoms with Crippen LogP contribution in [0.15, 0.2) is 25.0 Å². The van der Waals surface area contributed by atoms with Crippen molar-refractivity contribution in [2.24, 2.45) is 0 Å². The molecule has 0 aliphatic carbocycles. The highest BCUT2D eigenvalue weighted by atomic mass is 16.5. The zero-order chi connectivity index (χ0) is 10.6. The first-order valence-corrected chi connectivity index (χ1v) is 5.28. The zero-order valence-corrected chi connectivity index (χ0v) is 9.00. The lowest BCUT2D eigenvalue weighted by Crippen LogP contribution is -1.98. The van der Waals surface area contributed by atoms with E-state index in [0.717, 1.165) is 12.8 Å². The van der Waals surface area contributed by atoms with Crippen LogP contribution in [0.2, 0.25) is 0 Å². The van der Waals surface area contributed by atoms with Crippen molar-refractivity contribution in [1.29, 1.82) is 0 Å². The van der Waals surface area contributed by atoms with Crippen LogP contribution in [0.5, 0.6) is 0 Å². The van der Waals surface area contributed by atoms with Crippen molar-refractivity contribution in [3.8, 4) is 0 Å². The first-order chi connectivity index (χ1) is 6.81. The van der Waals surface area contributed by atoms with Gasteiger partial charge in [-0.25, -0.2) is 0 Å². The Bertz CT molecular complexity index is 183. The van der Waals surface area contributed by atoms with E-state index in [-0.39, 0.29) is 5.97 Å². The zero-order valence-electron chi connectivity index (χ0n) is 9.00. The van der Waals surface area contributed by atoms with Crippen LogP contribution < -0.4 is 0 Å². The van der Waals surface area contributed by atoms with Crippen LogP contribution in [0.25, 0.3) is 0 Å². The number of allylic oxidation sites excluding steroid dienone is 2. The monoisotopic (exact) mass is 196 g/mol. The average Bonchev–Trinajstić information content (AvgIpc) is 2.18. The lowest BCUT2D eigenvalue weighted by Gasteiger charge is -1.99. The van der Waals surface area contributed by atoms with E-state index in [1.54, 1.807) is 12.2 Å². The molecule has 0 N–H and O–H groups in total. The van der Waals surface area contributed by atoms with Crippen LogP contribution in [-0.2, 0) is 9.53 Å². The molecule has 0 unspecified atom stereocenters. The molecule has 0 rings (SSSR count). The van der Waals surface area contributed by atoms with E-state index < -0.39 is 0 Å². The van der Waals surface area contributed by atoms with Gasteiger partial charge in [0.25, 0.3) is 0 Å². The molecule has 2 nitrogen and oxygen atoms in total. The molecule has 0 fully saturated rings. The summed E-state index contributed by atoms with van der Waals surface area (Å²) in [6, 6.07) is 0. The Balaban J connectivity index is 3.26. The molecular weight excluding hydrogens is 176 g/mol. The molecule has 0 aliphatic rings. The van der Waals surface area contributed by atoms with E-state index >= 15 is 0 Å². The van der Waals surface area contributed by atoms with Gasteiger partial charge in [-0.2, -0.15) is 0 Å². The third kappa shape index (κ3) is 9.04. The molecule has 0 amide bonds. The minimum atomic E-state index is -0.153. The van der Waals surface area contributed by atoms with Crippen LogP contribution in [0, 0.1) is 0 Å². The highest BCUT2D eigenvalue weighted by Gasteiger charge is 1.99. The van der Waals surface area contributed by atoms with Crippen LogP contribution >= 0.6 is 0 Å². The molecule has 0 spiro atoms. The summed E-state index contributed by atoms with van der Waals surface area (Å²) in [6.07, 6.45) is 10.8. The van der Waals surface area contributed by atoms with Crippen molar-refractivity contribution in [3.05, 3.63) is 25.0 Å². The lowest BCUT2D eigenvalue weighted by molar-refractivity contribution is -0.138. The Hall–Kier alpha value is -1.05. The fourth-order valence-electron chi connectivity index (χ4n) is 1.10. The Morgan fingerprint density at radius 1 is 1.29 bits per heavy atom. The number of unbranched alkanes of at least 4 members (excludes halogenated alkanes) is 4. The fourth-order valence-corrected chi connectivity index (χ4v) is 1.10. The molecule has 80 valence electrons. The summed E-state index contributed by atoms with van der Waals surface area (Å²) in [4.78, 5) is 11.0. The summed E-state index contributed by atoms with van der Waals surface area (Å²) in [6.45, 7) is 5.65. The second-order valence-electron chi connectivity index (χ2n) is 3.22. The largest absolute Gasteiger partial charge is 0.434 e. The molecule has 0 aliphatic heterocycles. The highest BCUT2D eigenvalue weighted by molar-refractivity contribution is 5.69. The number of rotatable bonds is 8. The van der Waals surface area contributed by atoms with Gasteiger partial charge >= 0.3 is 5.97 Å². The van der Waals surface area contributed by atoms with Gasteiger partial charge in [-0.05, 0) is 12.5 Å².